The molecular weight excluding hydrogens is 620 g/mol. The van der Waals surface area contributed by atoms with Crippen molar-refractivity contribution >= 4 is 29.3 Å². The van der Waals surface area contributed by atoms with Gasteiger partial charge in [-0.2, -0.15) is 0 Å². The first kappa shape index (κ1) is 36.4. The van der Waals surface area contributed by atoms with Crippen molar-refractivity contribution in [1.29, 1.82) is 0 Å². The van der Waals surface area contributed by atoms with Crippen molar-refractivity contribution in [2.75, 3.05) is 19.0 Å². The van der Waals surface area contributed by atoms with E-state index in [0.29, 0.717) is 40.7 Å². The SMILES string of the molecule is CCCCCCCOc1ccc(C(=O)Oc2ccc(C[C@H](NC(=O)c3ccc(NC(=O)Cc4cccc(OC)c4)cc3)C(C)=O)cc2)cc1. The minimum absolute atomic E-state index is 0.173. The summed E-state index contributed by atoms with van der Waals surface area (Å²) in [6.07, 6.45) is 6.24. The number of esters is 1. The highest BCUT2D eigenvalue weighted by Gasteiger charge is 2.19. The van der Waals surface area contributed by atoms with Crippen LogP contribution in [-0.4, -0.2) is 43.3 Å². The molecule has 1 atom stereocenters. The monoisotopic (exact) mass is 664 g/mol. The molecule has 0 radical (unpaired) electrons. The van der Waals surface area contributed by atoms with Crippen LogP contribution in [-0.2, 0) is 22.4 Å². The number of ketones is 1. The zero-order valence-electron chi connectivity index (χ0n) is 28.3. The number of carbonyl (C=O) groups excluding carboxylic acids is 4. The van der Waals surface area contributed by atoms with Crippen molar-refractivity contribution in [3.8, 4) is 17.2 Å². The molecule has 0 aromatic heterocycles. The molecule has 9 nitrogen and oxygen atoms in total. The molecule has 0 bridgehead atoms. The zero-order valence-corrected chi connectivity index (χ0v) is 28.3. The van der Waals surface area contributed by atoms with Crippen LogP contribution in [0, 0.1) is 0 Å². The van der Waals surface area contributed by atoms with E-state index < -0.39 is 17.9 Å². The highest BCUT2D eigenvalue weighted by Crippen LogP contribution is 2.19. The van der Waals surface area contributed by atoms with Gasteiger partial charge in [-0.1, -0.05) is 56.9 Å². The number of methoxy groups -OCH3 is 1. The van der Waals surface area contributed by atoms with Crippen molar-refractivity contribution in [3.05, 3.63) is 119 Å². The molecule has 0 aliphatic rings. The Kier molecular flexibility index (Phi) is 14.0. The van der Waals surface area contributed by atoms with Gasteiger partial charge < -0.3 is 24.8 Å². The molecule has 0 aliphatic carbocycles. The fraction of sp³-hybridized carbons (Fsp3) is 0.300. The number of nitrogens with one attached hydrogen (secondary N) is 2. The van der Waals surface area contributed by atoms with Crippen molar-refractivity contribution in [1.82, 2.24) is 5.32 Å². The Morgan fingerprint density at radius 3 is 2.06 bits per heavy atom. The minimum atomic E-state index is -0.764. The highest BCUT2D eigenvalue weighted by atomic mass is 16.5. The number of rotatable bonds is 18. The molecule has 0 unspecified atom stereocenters. The molecule has 4 rings (SSSR count). The molecule has 0 saturated heterocycles. The van der Waals surface area contributed by atoms with E-state index in [-0.39, 0.29) is 24.5 Å². The predicted molar refractivity (Wildman–Crippen MR) is 190 cm³/mol. The zero-order chi connectivity index (χ0) is 35.0. The number of ether oxygens (including phenoxy) is 3. The van der Waals surface area contributed by atoms with Gasteiger partial charge in [0.1, 0.15) is 17.2 Å². The number of Topliss-reactive ketones (excluding diaryl/α,β-unsaturated/α-hetero) is 1. The average Bonchev–Trinajstić information content (AvgIpc) is 3.10. The van der Waals surface area contributed by atoms with Crippen LogP contribution < -0.4 is 24.8 Å². The lowest BCUT2D eigenvalue weighted by atomic mass is 10.0. The lowest BCUT2D eigenvalue weighted by Crippen LogP contribution is -2.41. The van der Waals surface area contributed by atoms with Crippen LogP contribution in [0.5, 0.6) is 17.2 Å². The third-order valence-electron chi connectivity index (χ3n) is 7.91. The summed E-state index contributed by atoms with van der Waals surface area (Å²) in [5.41, 5.74) is 2.89. The van der Waals surface area contributed by atoms with Crippen LogP contribution in [0.2, 0.25) is 0 Å². The van der Waals surface area contributed by atoms with Gasteiger partial charge in [0.05, 0.1) is 31.7 Å². The molecular formula is C40H44N2O7. The number of unbranched alkanes of at least 4 members (excludes halogenated alkanes) is 4. The summed E-state index contributed by atoms with van der Waals surface area (Å²) in [5, 5.41) is 5.62. The Morgan fingerprint density at radius 2 is 1.39 bits per heavy atom. The van der Waals surface area contributed by atoms with Gasteiger partial charge in [0.2, 0.25) is 5.91 Å². The van der Waals surface area contributed by atoms with Gasteiger partial charge in [-0.05, 0) is 104 Å². The summed E-state index contributed by atoms with van der Waals surface area (Å²) in [6.45, 7) is 4.26. The van der Waals surface area contributed by atoms with Crippen LogP contribution in [0.4, 0.5) is 5.69 Å². The van der Waals surface area contributed by atoms with Gasteiger partial charge in [0.25, 0.3) is 5.91 Å². The maximum atomic E-state index is 13.0. The van der Waals surface area contributed by atoms with Crippen LogP contribution in [0.1, 0.15) is 77.8 Å². The molecule has 4 aromatic carbocycles. The fourth-order valence-corrected chi connectivity index (χ4v) is 5.09. The van der Waals surface area contributed by atoms with Crippen LogP contribution in [0.3, 0.4) is 0 Å². The van der Waals surface area contributed by atoms with E-state index in [1.54, 1.807) is 86.0 Å². The molecule has 9 heteroatoms. The topological polar surface area (TPSA) is 120 Å². The van der Waals surface area contributed by atoms with Crippen molar-refractivity contribution in [2.45, 2.75) is 64.8 Å². The number of carbonyl (C=O) groups is 4. The lowest BCUT2D eigenvalue weighted by molar-refractivity contribution is -0.119. The van der Waals surface area contributed by atoms with E-state index in [1.165, 1.54) is 26.2 Å². The van der Waals surface area contributed by atoms with Crippen LogP contribution in [0.15, 0.2) is 97.1 Å². The van der Waals surface area contributed by atoms with E-state index in [2.05, 4.69) is 17.6 Å². The first-order valence-electron chi connectivity index (χ1n) is 16.6. The lowest BCUT2D eigenvalue weighted by Gasteiger charge is -2.17. The minimum Gasteiger partial charge on any atom is -0.497 e. The summed E-state index contributed by atoms with van der Waals surface area (Å²) in [7, 11) is 1.57. The van der Waals surface area contributed by atoms with E-state index in [1.807, 2.05) is 18.2 Å². The standard InChI is InChI=1S/C40H44N2O7/c1-4-5-6-7-8-24-48-34-22-16-32(17-23-34)40(46)49-35-20-12-29(13-21-35)26-37(28(2)43)42-39(45)31-14-18-33(19-15-31)41-38(44)27-30-10-9-11-36(25-30)47-3/h9-23,25,37H,4-8,24,26-27H2,1-3H3,(H,41,44)(H,42,45)/t37-/m0/s1. The van der Waals surface area contributed by atoms with Gasteiger partial charge in [-0.3, -0.25) is 14.4 Å². The molecule has 0 spiro atoms. The van der Waals surface area contributed by atoms with Gasteiger partial charge in [0.15, 0.2) is 5.78 Å². The molecule has 0 heterocycles. The maximum absolute atomic E-state index is 13.0. The molecule has 49 heavy (non-hydrogen) atoms. The fourth-order valence-electron chi connectivity index (χ4n) is 5.09. The van der Waals surface area contributed by atoms with Gasteiger partial charge in [-0.25, -0.2) is 4.79 Å². The van der Waals surface area contributed by atoms with E-state index in [4.69, 9.17) is 14.2 Å². The molecule has 2 amide bonds. The second kappa shape index (κ2) is 18.8. The molecule has 0 saturated carbocycles. The summed E-state index contributed by atoms with van der Waals surface area (Å²) < 4.78 is 16.5. The van der Waals surface area contributed by atoms with E-state index in [9.17, 15) is 19.2 Å². The largest absolute Gasteiger partial charge is 0.497 e. The van der Waals surface area contributed by atoms with Gasteiger partial charge in [0, 0.05) is 11.3 Å². The predicted octanol–water partition coefficient (Wildman–Crippen LogP) is 7.37. The summed E-state index contributed by atoms with van der Waals surface area (Å²) in [4.78, 5) is 50.6. The average molecular weight is 665 g/mol. The molecule has 256 valence electrons. The second-order valence-electron chi connectivity index (χ2n) is 11.8. The Morgan fingerprint density at radius 1 is 0.714 bits per heavy atom. The molecule has 4 aromatic rings. The van der Waals surface area contributed by atoms with Gasteiger partial charge >= 0.3 is 5.97 Å². The number of benzene rings is 4. The molecule has 2 N–H and O–H groups in total. The Hall–Kier alpha value is -5.44. The Bertz CT molecular complexity index is 1680. The van der Waals surface area contributed by atoms with Crippen LogP contribution in [0.25, 0.3) is 0 Å². The van der Waals surface area contributed by atoms with Crippen molar-refractivity contribution < 1.29 is 33.4 Å². The smallest absolute Gasteiger partial charge is 0.343 e. The quantitative estimate of drug-likeness (QED) is 0.0647. The van der Waals surface area contributed by atoms with Crippen LogP contribution >= 0.6 is 0 Å². The first-order valence-corrected chi connectivity index (χ1v) is 16.6. The van der Waals surface area contributed by atoms with E-state index in [0.717, 1.165) is 24.0 Å². The van der Waals surface area contributed by atoms with Gasteiger partial charge in [-0.15, -0.1) is 0 Å². The normalized spacial score (nSPS) is 11.2. The van der Waals surface area contributed by atoms with Crippen molar-refractivity contribution in [3.63, 3.8) is 0 Å². The number of amides is 2. The first-order chi connectivity index (χ1) is 23.7. The van der Waals surface area contributed by atoms with E-state index >= 15 is 0 Å². The molecule has 0 aliphatic heterocycles. The van der Waals surface area contributed by atoms with Crippen molar-refractivity contribution in [2.24, 2.45) is 0 Å². The third kappa shape index (κ3) is 11.9. The highest BCUT2D eigenvalue weighted by molar-refractivity contribution is 5.98. The molecule has 0 fully saturated rings. The maximum Gasteiger partial charge on any atom is 0.343 e. The third-order valence-corrected chi connectivity index (χ3v) is 7.91. The second-order valence-corrected chi connectivity index (χ2v) is 11.8. The summed E-state index contributed by atoms with van der Waals surface area (Å²) in [6, 6.07) is 26.7. The number of hydrogen-bond donors (Lipinski definition) is 2. The summed E-state index contributed by atoms with van der Waals surface area (Å²) in [5.74, 6) is 0.443. The summed E-state index contributed by atoms with van der Waals surface area (Å²) >= 11 is 0. The Balaban J connectivity index is 1.24. The Labute approximate surface area is 288 Å². The number of hydrogen-bond acceptors (Lipinski definition) is 7. The number of anilines is 1.